The van der Waals surface area contributed by atoms with Gasteiger partial charge in [0.25, 0.3) is 0 Å². The molecule has 3 N–H and O–H groups in total. The highest BCUT2D eigenvalue weighted by molar-refractivity contribution is 9.11. The van der Waals surface area contributed by atoms with Crippen molar-refractivity contribution >= 4 is 15.9 Å². The van der Waals surface area contributed by atoms with Gasteiger partial charge in [0.05, 0.1) is 17.0 Å². The molecule has 2 nitrogen and oxygen atoms in total. The third-order valence-electron chi connectivity index (χ3n) is 3.68. The van der Waals surface area contributed by atoms with E-state index in [9.17, 15) is 13.2 Å². The first kappa shape index (κ1) is 17.7. The molecule has 0 bridgehead atoms. The van der Waals surface area contributed by atoms with Gasteiger partial charge >= 0.3 is 6.18 Å². The zero-order chi connectivity index (χ0) is 17.0. The highest BCUT2D eigenvalue weighted by Crippen LogP contribution is 2.38. The van der Waals surface area contributed by atoms with Crippen LogP contribution in [0.15, 0.2) is 63.4 Å². The van der Waals surface area contributed by atoms with Gasteiger partial charge in [-0.2, -0.15) is 13.2 Å². The second-order valence-corrected chi connectivity index (χ2v) is 6.22. The van der Waals surface area contributed by atoms with Gasteiger partial charge < -0.3 is 11.1 Å². The molecule has 23 heavy (non-hydrogen) atoms. The van der Waals surface area contributed by atoms with E-state index in [4.69, 9.17) is 5.73 Å². The Morgan fingerprint density at radius 2 is 1.87 bits per heavy atom. The molecule has 1 aromatic rings. The fourth-order valence-electron chi connectivity index (χ4n) is 2.39. The minimum absolute atomic E-state index is 0.171. The van der Waals surface area contributed by atoms with Crippen LogP contribution >= 0.6 is 15.9 Å². The number of hydrogen-bond acceptors (Lipinski definition) is 2. The quantitative estimate of drug-likeness (QED) is 0.772. The summed E-state index contributed by atoms with van der Waals surface area (Å²) < 4.78 is 40.6. The van der Waals surface area contributed by atoms with Crippen LogP contribution in [0.2, 0.25) is 0 Å². The molecular formula is C17H18BrF3N2. The van der Waals surface area contributed by atoms with Gasteiger partial charge in [-0.1, -0.05) is 58.8 Å². The molecule has 2 rings (SSSR count). The molecule has 0 unspecified atom stereocenters. The first-order chi connectivity index (χ1) is 10.8. The number of hydrogen-bond donors (Lipinski definition) is 2. The van der Waals surface area contributed by atoms with Gasteiger partial charge in [0, 0.05) is 17.4 Å². The fourth-order valence-corrected chi connectivity index (χ4v) is 2.94. The monoisotopic (exact) mass is 386 g/mol. The van der Waals surface area contributed by atoms with E-state index in [1.165, 1.54) is 0 Å². The summed E-state index contributed by atoms with van der Waals surface area (Å²) in [5, 5.41) is 3.02. The summed E-state index contributed by atoms with van der Waals surface area (Å²) in [4.78, 5) is 0. The van der Waals surface area contributed by atoms with Crippen molar-refractivity contribution < 1.29 is 13.2 Å². The van der Waals surface area contributed by atoms with E-state index in [-0.39, 0.29) is 12.1 Å². The summed E-state index contributed by atoms with van der Waals surface area (Å²) >= 11 is 3.32. The van der Waals surface area contributed by atoms with E-state index < -0.39 is 11.7 Å². The molecule has 1 aromatic carbocycles. The Morgan fingerprint density at radius 3 is 2.43 bits per heavy atom. The molecule has 6 heteroatoms. The third-order valence-corrected chi connectivity index (χ3v) is 4.39. The normalized spacial score (nSPS) is 16.3. The summed E-state index contributed by atoms with van der Waals surface area (Å²) in [5.41, 5.74) is 7.29. The Balaban J connectivity index is 2.35. The van der Waals surface area contributed by atoms with Gasteiger partial charge in [-0.3, -0.25) is 0 Å². The van der Waals surface area contributed by atoms with Crippen molar-refractivity contribution in [2.45, 2.75) is 32.5 Å². The zero-order valence-corrected chi connectivity index (χ0v) is 14.3. The van der Waals surface area contributed by atoms with Crippen molar-refractivity contribution in [3.8, 4) is 0 Å². The molecule has 0 amide bonds. The van der Waals surface area contributed by atoms with Crippen molar-refractivity contribution in [2.75, 3.05) is 0 Å². The van der Waals surface area contributed by atoms with Crippen LogP contribution in [0, 0.1) is 0 Å². The second-order valence-electron chi connectivity index (χ2n) is 5.26. The third kappa shape index (κ3) is 4.41. The van der Waals surface area contributed by atoms with Crippen LogP contribution in [0.4, 0.5) is 13.2 Å². The van der Waals surface area contributed by atoms with E-state index in [2.05, 4.69) is 21.2 Å². The lowest BCUT2D eigenvalue weighted by Crippen LogP contribution is -2.20. The van der Waals surface area contributed by atoms with E-state index in [0.717, 1.165) is 11.6 Å². The van der Waals surface area contributed by atoms with Crippen molar-refractivity contribution in [3.05, 3.63) is 69.0 Å². The van der Waals surface area contributed by atoms with Crippen molar-refractivity contribution in [1.29, 1.82) is 0 Å². The summed E-state index contributed by atoms with van der Waals surface area (Å²) in [6, 6.07) is 9.44. The SMILES string of the molecule is CCC1=C(C(F)(F)F)C=C(NCc2ccccc2)C(N)=C(Br)C1. The van der Waals surface area contributed by atoms with E-state index in [1.54, 1.807) is 6.92 Å². The molecule has 0 saturated heterocycles. The Hall–Kier alpha value is -1.69. The largest absolute Gasteiger partial charge is 0.416 e. The van der Waals surface area contributed by atoms with Crippen LogP contribution < -0.4 is 11.1 Å². The Kier molecular flexibility index (Phi) is 5.57. The molecule has 0 saturated carbocycles. The molecular weight excluding hydrogens is 369 g/mol. The Bertz CT molecular complexity index is 658. The second kappa shape index (κ2) is 7.25. The number of benzene rings is 1. The number of halogens is 4. The molecule has 0 atom stereocenters. The lowest BCUT2D eigenvalue weighted by Gasteiger charge is -2.14. The summed E-state index contributed by atoms with van der Waals surface area (Å²) in [6.45, 7) is 2.12. The maximum atomic E-state index is 13.3. The Morgan fingerprint density at radius 1 is 1.22 bits per heavy atom. The molecule has 0 radical (unpaired) electrons. The Labute approximate surface area is 142 Å². The topological polar surface area (TPSA) is 38.0 Å². The van der Waals surface area contributed by atoms with Gasteiger partial charge in [0.2, 0.25) is 0 Å². The summed E-state index contributed by atoms with van der Waals surface area (Å²) in [5.74, 6) is 0. The minimum atomic E-state index is -4.40. The molecule has 0 spiro atoms. The van der Waals surface area contributed by atoms with Gasteiger partial charge in [-0.05, 0) is 18.1 Å². The van der Waals surface area contributed by atoms with E-state index in [1.807, 2.05) is 30.3 Å². The van der Waals surface area contributed by atoms with Crippen LogP contribution in [0.5, 0.6) is 0 Å². The number of alkyl halides is 3. The predicted molar refractivity (Wildman–Crippen MR) is 89.5 cm³/mol. The average Bonchev–Trinajstić information content (AvgIpc) is 2.64. The van der Waals surface area contributed by atoms with Gasteiger partial charge in [-0.15, -0.1) is 0 Å². The van der Waals surface area contributed by atoms with Crippen LogP contribution in [-0.4, -0.2) is 6.18 Å². The lowest BCUT2D eigenvalue weighted by atomic mass is 10.0. The highest BCUT2D eigenvalue weighted by atomic mass is 79.9. The maximum absolute atomic E-state index is 13.3. The summed E-state index contributed by atoms with van der Waals surface area (Å²) in [6.07, 6.45) is -2.79. The number of nitrogens with one attached hydrogen (secondary N) is 1. The van der Waals surface area contributed by atoms with Crippen LogP contribution in [0.25, 0.3) is 0 Å². The molecule has 1 aliphatic carbocycles. The maximum Gasteiger partial charge on any atom is 0.416 e. The minimum Gasteiger partial charge on any atom is -0.396 e. The average molecular weight is 387 g/mol. The first-order valence-corrected chi connectivity index (χ1v) is 8.05. The lowest BCUT2D eigenvalue weighted by molar-refractivity contribution is -0.0892. The number of nitrogens with two attached hydrogens (primary N) is 1. The molecule has 124 valence electrons. The fraction of sp³-hybridized carbons (Fsp3) is 0.294. The zero-order valence-electron chi connectivity index (χ0n) is 12.7. The van der Waals surface area contributed by atoms with Gasteiger partial charge in [-0.25, -0.2) is 0 Å². The highest BCUT2D eigenvalue weighted by Gasteiger charge is 2.36. The first-order valence-electron chi connectivity index (χ1n) is 7.26. The molecule has 0 aliphatic heterocycles. The van der Waals surface area contributed by atoms with Crippen molar-refractivity contribution in [1.82, 2.24) is 5.32 Å². The molecule has 0 fully saturated rings. The molecule has 1 aliphatic rings. The smallest absolute Gasteiger partial charge is 0.396 e. The van der Waals surface area contributed by atoms with Crippen LogP contribution in [-0.2, 0) is 6.54 Å². The van der Waals surface area contributed by atoms with E-state index in [0.29, 0.717) is 28.7 Å². The van der Waals surface area contributed by atoms with E-state index >= 15 is 0 Å². The van der Waals surface area contributed by atoms with Crippen molar-refractivity contribution in [2.24, 2.45) is 5.73 Å². The molecule has 0 aromatic heterocycles. The predicted octanol–water partition coefficient (Wildman–Crippen LogP) is 4.90. The van der Waals surface area contributed by atoms with Gasteiger partial charge in [0.15, 0.2) is 0 Å². The summed E-state index contributed by atoms with van der Waals surface area (Å²) in [7, 11) is 0. The molecule has 0 heterocycles. The van der Waals surface area contributed by atoms with Crippen LogP contribution in [0.3, 0.4) is 0 Å². The number of rotatable bonds is 4. The van der Waals surface area contributed by atoms with Crippen molar-refractivity contribution in [3.63, 3.8) is 0 Å². The standard InChI is InChI=1S/C17H18BrF3N2/c1-2-12-8-14(18)16(22)15(9-13(12)17(19,20)21)23-10-11-6-4-3-5-7-11/h3-7,9,23H,2,8,10,22H2,1H3. The van der Waals surface area contributed by atoms with Gasteiger partial charge in [0.1, 0.15) is 0 Å². The number of allylic oxidation sites excluding steroid dienone is 4. The van der Waals surface area contributed by atoms with Crippen LogP contribution in [0.1, 0.15) is 25.3 Å².